The van der Waals surface area contributed by atoms with Crippen LogP contribution in [0.5, 0.6) is 0 Å². The average molecular weight is 488 g/mol. The number of benzene rings is 3. The van der Waals surface area contributed by atoms with Gasteiger partial charge in [0, 0.05) is 16.7 Å². The highest BCUT2D eigenvalue weighted by Crippen LogP contribution is 2.31. The van der Waals surface area contributed by atoms with E-state index in [1.54, 1.807) is 6.08 Å². The van der Waals surface area contributed by atoms with Gasteiger partial charge in [0.2, 0.25) is 11.8 Å². The molecule has 1 aromatic heterocycles. The van der Waals surface area contributed by atoms with E-state index < -0.39 is 0 Å². The van der Waals surface area contributed by atoms with E-state index in [-0.39, 0.29) is 17.1 Å². The summed E-state index contributed by atoms with van der Waals surface area (Å²) in [7, 11) is 0. The Hall–Kier alpha value is -3.42. The Balaban J connectivity index is 1.38. The van der Waals surface area contributed by atoms with Gasteiger partial charge in [-0.25, -0.2) is 4.98 Å². The number of hydrogen-bond acceptors (Lipinski definition) is 5. The largest absolute Gasteiger partial charge is 0.322 e. The van der Waals surface area contributed by atoms with Gasteiger partial charge in [0.1, 0.15) is 0 Å². The fourth-order valence-corrected chi connectivity index (χ4v) is 5.31. The van der Waals surface area contributed by atoms with Crippen LogP contribution in [0.15, 0.2) is 83.8 Å². The molecule has 0 spiro atoms. The van der Waals surface area contributed by atoms with Gasteiger partial charge in [-0.05, 0) is 60.9 Å². The average Bonchev–Trinajstić information content (AvgIpc) is 3.23. The van der Waals surface area contributed by atoms with Crippen molar-refractivity contribution in [1.82, 2.24) is 4.98 Å². The molecule has 0 saturated heterocycles. The fraction of sp³-hybridized carbons (Fsp3) is 0.148. The molecule has 0 fully saturated rings. The number of aromatic nitrogens is 1. The maximum Gasteiger partial charge on any atom is 0.248 e. The molecule has 4 rings (SSSR count). The number of carbonyl (C=O) groups is 2. The molecule has 7 heteroatoms. The van der Waals surface area contributed by atoms with Crippen molar-refractivity contribution >= 4 is 62.0 Å². The maximum atomic E-state index is 12.9. The molecular formula is C27H25N3O2S2. The van der Waals surface area contributed by atoms with Crippen LogP contribution in [-0.2, 0) is 9.59 Å². The Morgan fingerprint density at radius 2 is 1.85 bits per heavy atom. The lowest BCUT2D eigenvalue weighted by atomic mass is 10.2. The summed E-state index contributed by atoms with van der Waals surface area (Å²) >= 11 is 2.95. The van der Waals surface area contributed by atoms with Gasteiger partial charge >= 0.3 is 0 Å². The van der Waals surface area contributed by atoms with Crippen LogP contribution in [0.3, 0.4) is 0 Å². The number of anilines is 2. The van der Waals surface area contributed by atoms with E-state index in [1.807, 2.05) is 80.6 Å². The van der Waals surface area contributed by atoms with Crippen molar-refractivity contribution in [2.24, 2.45) is 0 Å². The molecule has 5 nitrogen and oxygen atoms in total. The van der Waals surface area contributed by atoms with Crippen LogP contribution in [0, 0.1) is 6.92 Å². The Labute approximate surface area is 207 Å². The first-order valence-corrected chi connectivity index (χ1v) is 12.7. The molecule has 2 amide bonds. The molecule has 34 heavy (non-hydrogen) atoms. The Morgan fingerprint density at radius 1 is 1.03 bits per heavy atom. The van der Waals surface area contributed by atoms with E-state index in [9.17, 15) is 9.59 Å². The molecule has 0 aliphatic rings. The molecule has 1 atom stereocenters. The zero-order valence-electron chi connectivity index (χ0n) is 18.9. The van der Waals surface area contributed by atoms with Gasteiger partial charge in [-0.1, -0.05) is 60.7 Å². The minimum atomic E-state index is -0.280. The smallest absolute Gasteiger partial charge is 0.248 e. The number of rotatable bonds is 8. The van der Waals surface area contributed by atoms with E-state index in [0.717, 1.165) is 20.7 Å². The second-order valence-corrected chi connectivity index (χ2v) is 10.1. The first-order valence-electron chi connectivity index (χ1n) is 11.0. The van der Waals surface area contributed by atoms with Gasteiger partial charge < -0.3 is 10.6 Å². The highest BCUT2D eigenvalue weighted by molar-refractivity contribution is 8.00. The van der Waals surface area contributed by atoms with Crippen molar-refractivity contribution in [2.45, 2.75) is 30.4 Å². The zero-order chi connectivity index (χ0) is 23.9. The van der Waals surface area contributed by atoms with Gasteiger partial charge in [0.15, 0.2) is 5.13 Å². The van der Waals surface area contributed by atoms with E-state index in [1.165, 1.54) is 34.7 Å². The van der Waals surface area contributed by atoms with Crippen molar-refractivity contribution < 1.29 is 9.59 Å². The van der Waals surface area contributed by atoms with E-state index in [4.69, 9.17) is 0 Å². The number of aryl methyl sites for hydroxylation is 1. The van der Waals surface area contributed by atoms with Crippen molar-refractivity contribution in [1.29, 1.82) is 0 Å². The highest BCUT2D eigenvalue weighted by Gasteiger charge is 2.20. The molecule has 0 aliphatic carbocycles. The SMILES string of the molecule is CCC(Sc1cccc(NC(=O)/C=C/c2ccccc2)c1)C(=O)Nc1nc2ccc(C)cc2s1. The summed E-state index contributed by atoms with van der Waals surface area (Å²) in [6.45, 7) is 4.02. The van der Waals surface area contributed by atoms with Crippen LogP contribution in [-0.4, -0.2) is 22.0 Å². The second-order valence-electron chi connectivity index (χ2n) is 7.76. The zero-order valence-corrected chi connectivity index (χ0v) is 20.6. The van der Waals surface area contributed by atoms with Crippen LogP contribution in [0.4, 0.5) is 10.8 Å². The van der Waals surface area contributed by atoms with Crippen LogP contribution in [0.25, 0.3) is 16.3 Å². The summed E-state index contributed by atoms with van der Waals surface area (Å²) in [5, 5.41) is 6.18. The molecule has 172 valence electrons. The van der Waals surface area contributed by atoms with Gasteiger partial charge in [-0.15, -0.1) is 11.8 Å². The van der Waals surface area contributed by atoms with Gasteiger partial charge in [-0.3, -0.25) is 9.59 Å². The molecule has 3 aromatic carbocycles. The predicted molar refractivity (Wildman–Crippen MR) is 143 cm³/mol. The lowest BCUT2D eigenvalue weighted by Crippen LogP contribution is -2.24. The summed E-state index contributed by atoms with van der Waals surface area (Å²) < 4.78 is 1.06. The van der Waals surface area contributed by atoms with Crippen molar-refractivity contribution in [3.05, 3.63) is 90.0 Å². The number of nitrogens with one attached hydrogen (secondary N) is 2. The lowest BCUT2D eigenvalue weighted by Gasteiger charge is -2.14. The number of carbonyl (C=O) groups excluding carboxylic acids is 2. The minimum Gasteiger partial charge on any atom is -0.322 e. The summed E-state index contributed by atoms with van der Waals surface area (Å²) in [4.78, 5) is 30.7. The van der Waals surface area contributed by atoms with E-state index in [0.29, 0.717) is 17.2 Å². The normalized spacial score (nSPS) is 12.1. The molecule has 1 unspecified atom stereocenters. The standard InChI is InChI=1S/C27H25N3O2S2/c1-3-23(26(32)30-27-29-22-14-12-18(2)16-24(22)34-27)33-21-11-7-10-20(17-21)28-25(31)15-13-19-8-5-4-6-9-19/h4-17,23H,3H2,1-2H3,(H,28,31)(H,29,30,32)/b15-13+. The van der Waals surface area contributed by atoms with E-state index >= 15 is 0 Å². The molecular weight excluding hydrogens is 462 g/mol. The third-order valence-electron chi connectivity index (χ3n) is 5.04. The number of fused-ring (bicyclic) bond motifs is 1. The van der Waals surface area contributed by atoms with Crippen molar-refractivity contribution in [3.8, 4) is 0 Å². The molecule has 1 heterocycles. The number of thioether (sulfide) groups is 1. The monoisotopic (exact) mass is 487 g/mol. The third-order valence-corrected chi connectivity index (χ3v) is 7.34. The number of nitrogens with zero attached hydrogens (tertiary/aromatic N) is 1. The number of hydrogen-bond donors (Lipinski definition) is 2. The summed E-state index contributed by atoms with van der Waals surface area (Å²) in [6, 6.07) is 23.3. The molecule has 0 bridgehead atoms. The molecule has 2 N–H and O–H groups in total. The van der Waals surface area contributed by atoms with Gasteiger partial charge in [-0.2, -0.15) is 0 Å². The first kappa shape index (κ1) is 23.7. The first-order chi connectivity index (χ1) is 16.5. The lowest BCUT2D eigenvalue weighted by molar-refractivity contribution is -0.115. The predicted octanol–water partition coefficient (Wildman–Crippen LogP) is 6.77. The number of thiazole rings is 1. The Kier molecular flexibility index (Phi) is 7.77. The quantitative estimate of drug-likeness (QED) is 0.213. The van der Waals surface area contributed by atoms with Crippen LogP contribution in [0.2, 0.25) is 0 Å². The fourth-order valence-electron chi connectivity index (χ4n) is 3.32. The maximum absolute atomic E-state index is 12.9. The summed E-state index contributed by atoms with van der Waals surface area (Å²) in [6.07, 6.45) is 3.95. The van der Waals surface area contributed by atoms with Gasteiger partial charge in [0.05, 0.1) is 15.5 Å². The topological polar surface area (TPSA) is 71.1 Å². The molecule has 0 saturated carbocycles. The Bertz CT molecular complexity index is 1330. The van der Waals surface area contributed by atoms with Crippen LogP contribution in [0.1, 0.15) is 24.5 Å². The van der Waals surface area contributed by atoms with E-state index in [2.05, 4.69) is 21.7 Å². The molecule has 4 aromatic rings. The number of amides is 2. The van der Waals surface area contributed by atoms with Crippen molar-refractivity contribution in [3.63, 3.8) is 0 Å². The molecule has 0 aliphatic heterocycles. The third kappa shape index (κ3) is 6.34. The minimum absolute atomic E-state index is 0.0801. The Morgan fingerprint density at radius 3 is 2.65 bits per heavy atom. The summed E-state index contributed by atoms with van der Waals surface area (Å²) in [5.74, 6) is -0.287. The second kappa shape index (κ2) is 11.1. The van der Waals surface area contributed by atoms with Gasteiger partial charge in [0.25, 0.3) is 0 Å². The van der Waals surface area contributed by atoms with Crippen LogP contribution >= 0.6 is 23.1 Å². The van der Waals surface area contributed by atoms with Crippen molar-refractivity contribution in [2.75, 3.05) is 10.6 Å². The highest BCUT2D eigenvalue weighted by atomic mass is 32.2. The molecule has 0 radical (unpaired) electrons. The van der Waals surface area contributed by atoms with Crippen LogP contribution < -0.4 is 10.6 Å². The summed E-state index contributed by atoms with van der Waals surface area (Å²) in [5.41, 5.74) is 3.70.